The lowest BCUT2D eigenvalue weighted by molar-refractivity contribution is 0.915. The summed E-state index contributed by atoms with van der Waals surface area (Å²) >= 11 is 1.89. The predicted molar refractivity (Wildman–Crippen MR) is 205 cm³/mol. The molecule has 0 aliphatic rings. The van der Waals surface area contributed by atoms with Crippen LogP contribution in [0.25, 0.3) is 75.0 Å². The average molecular weight is 634 g/mol. The van der Waals surface area contributed by atoms with Crippen LogP contribution >= 0.6 is 11.3 Å². The van der Waals surface area contributed by atoms with Crippen LogP contribution in [0.5, 0.6) is 0 Å². The number of benzene rings is 6. The average Bonchev–Trinajstić information content (AvgIpc) is 3.79. The molecule has 6 aromatic carbocycles. The molecule has 3 heterocycles. The molecule has 48 heavy (non-hydrogen) atoms. The van der Waals surface area contributed by atoms with E-state index in [-0.39, 0.29) is 5.92 Å². The number of allylic oxidation sites excluding steroid dienone is 4. The minimum absolute atomic E-state index is 0.163. The van der Waals surface area contributed by atoms with Crippen molar-refractivity contribution in [3.63, 3.8) is 0 Å². The summed E-state index contributed by atoms with van der Waals surface area (Å²) in [5, 5.41) is 17.1. The standard InChI is InChI=1S/C44H31N3S/c1-29(27-45)13-11-14-30(28-46-39-22-8-5-17-33(39)34-18-6-9-23-40(34)46)32-20-12-21-37-38-26-25-36-35-19-7-10-24-41(35)47(31-15-3-2-4-16-31)42(36)44(38)48-43(32)37/h2-26,29H,28H2,1H3/b13-11-,30-14+. The van der Waals surface area contributed by atoms with Gasteiger partial charge in [-0.3, -0.25) is 0 Å². The molecule has 3 aromatic heterocycles. The molecule has 228 valence electrons. The second-order valence-electron chi connectivity index (χ2n) is 12.4. The highest BCUT2D eigenvalue weighted by Crippen LogP contribution is 2.45. The van der Waals surface area contributed by atoms with Crippen LogP contribution in [0, 0.1) is 17.2 Å². The largest absolute Gasteiger partial charge is 0.336 e. The van der Waals surface area contributed by atoms with Crippen molar-refractivity contribution in [1.82, 2.24) is 9.13 Å². The quantitative estimate of drug-likeness (QED) is 0.168. The molecule has 1 unspecified atom stereocenters. The lowest BCUT2D eigenvalue weighted by Gasteiger charge is -2.13. The molecule has 1 atom stereocenters. The zero-order valence-electron chi connectivity index (χ0n) is 26.5. The summed E-state index contributed by atoms with van der Waals surface area (Å²) in [5.74, 6) is -0.163. The van der Waals surface area contributed by atoms with Crippen LogP contribution in [0.4, 0.5) is 0 Å². The lowest BCUT2D eigenvalue weighted by Crippen LogP contribution is -2.01. The molecule has 0 aliphatic heterocycles. The molecule has 9 rings (SSSR count). The number of fused-ring (bicyclic) bond motifs is 10. The van der Waals surface area contributed by atoms with Gasteiger partial charge in [0, 0.05) is 60.3 Å². The van der Waals surface area contributed by atoms with E-state index in [4.69, 9.17) is 0 Å². The van der Waals surface area contributed by atoms with Crippen LogP contribution in [0.15, 0.2) is 152 Å². The van der Waals surface area contributed by atoms with Gasteiger partial charge in [-0.1, -0.05) is 121 Å². The third-order valence-electron chi connectivity index (χ3n) is 9.57. The summed E-state index contributed by atoms with van der Waals surface area (Å²) in [6.45, 7) is 2.63. The Morgan fingerprint density at radius 3 is 1.94 bits per heavy atom. The Bertz CT molecular complexity index is 2730. The Kier molecular flexibility index (Phi) is 6.74. The molecule has 0 spiro atoms. The minimum Gasteiger partial charge on any atom is -0.336 e. The van der Waals surface area contributed by atoms with Crippen LogP contribution in [-0.4, -0.2) is 9.13 Å². The van der Waals surface area contributed by atoms with Gasteiger partial charge in [0.2, 0.25) is 0 Å². The number of thiophene rings is 1. The van der Waals surface area contributed by atoms with Crippen LogP contribution < -0.4 is 0 Å². The van der Waals surface area contributed by atoms with Crippen molar-refractivity contribution in [2.24, 2.45) is 5.92 Å². The van der Waals surface area contributed by atoms with E-state index >= 15 is 0 Å². The fraction of sp³-hybridized carbons (Fsp3) is 0.0682. The predicted octanol–water partition coefficient (Wildman–Crippen LogP) is 12.1. The zero-order chi connectivity index (χ0) is 32.2. The zero-order valence-corrected chi connectivity index (χ0v) is 27.3. The molecule has 4 heteroatoms. The lowest BCUT2D eigenvalue weighted by atomic mass is 10.0. The van der Waals surface area contributed by atoms with Crippen LogP contribution in [0.1, 0.15) is 12.5 Å². The van der Waals surface area contributed by atoms with Crippen molar-refractivity contribution in [3.8, 4) is 11.8 Å². The highest BCUT2D eigenvalue weighted by atomic mass is 32.1. The first-order valence-electron chi connectivity index (χ1n) is 16.4. The smallest absolute Gasteiger partial charge is 0.0719 e. The number of nitriles is 1. The summed E-state index contributed by atoms with van der Waals surface area (Å²) < 4.78 is 7.44. The fourth-order valence-corrected chi connectivity index (χ4v) is 8.74. The van der Waals surface area contributed by atoms with Gasteiger partial charge in [-0.25, -0.2) is 0 Å². The highest BCUT2D eigenvalue weighted by molar-refractivity contribution is 7.27. The van der Waals surface area contributed by atoms with Crippen molar-refractivity contribution >= 4 is 80.7 Å². The second kappa shape index (κ2) is 11.4. The molecule has 0 bridgehead atoms. The maximum Gasteiger partial charge on any atom is 0.0719 e. The van der Waals surface area contributed by atoms with E-state index in [1.807, 2.05) is 24.3 Å². The molecular formula is C44H31N3S. The number of hydrogen-bond donors (Lipinski definition) is 0. The van der Waals surface area contributed by atoms with Gasteiger partial charge in [0.15, 0.2) is 0 Å². The van der Waals surface area contributed by atoms with Gasteiger partial charge in [-0.2, -0.15) is 5.26 Å². The number of para-hydroxylation sites is 4. The molecule has 9 aromatic rings. The summed E-state index contributed by atoms with van der Waals surface area (Å²) in [6.07, 6.45) is 6.26. The molecule has 0 N–H and O–H groups in total. The monoisotopic (exact) mass is 633 g/mol. The van der Waals surface area contributed by atoms with Gasteiger partial charge in [0.05, 0.1) is 27.7 Å². The third kappa shape index (κ3) is 4.40. The fourth-order valence-electron chi connectivity index (χ4n) is 7.36. The maximum absolute atomic E-state index is 9.50. The van der Waals surface area contributed by atoms with Crippen molar-refractivity contribution in [2.45, 2.75) is 13.5 Å². The second-order valence-corrected chi connectivity index (χ2v) is 13.4. The molecule has 0 saturated heterocycles. The molecular weight excluding hydrogens is 603 g/mol. The van der Waals surface area contributed by atoms with Gasteiger partial charge in [0.25, 0.3) is 0 Å². The summed E-state index contributed by atoms with van der Waals surface area (Å²) in [5.41, 5.74) is 8.50. The van der Waals surface area contributed by atoms with Crippen LogP contribution in [0.3, 0.4) is 0 Å². The number of hydrogen-bond acceptors (Lipinski definition) is 2. The van der Waals surface area contributed by atoms with E-state index in [1.54, 1.807) is 0 Å². The number of nitrogens with zero attached hydrogens (tertiary/aromatic N) is 3. The highest BCUT2D eigenvalue weighted by Gasteiger charge is 2.20. The molecule has 0 fully saturated rings. The van der Waals surface area contributed by atoms with E-state index < -0.39 is 0 Å². The van der Waals surface area contributed by atoms with Gasteiger partial charge >= 0.3 is 0 Å². The first-order chi connectivity index (χ1) is 23.7. The van der Waals surface area contributed by atoms with Crippen molar-refractivity contribution in [1.29, 1.82) is 5.26 Å². The normalized spacial score (nSPS) is 13.1. The van der Waals surface area contributed by atoms with Gasteiger partial charge in [0.1, 0.15) is 0 Å². The Hall–Kier alpha value is -5.89. The third-order valence-corrected chi connectivity index (χ3v) is 10.8. The molecule has 3 nitrogen and oxygen atoms in total. The first-order valence-corrected chi connectivity index (χ1v) is 17.2. The van der Waals surface area contributed by atoms with Gasteiger partial charge in [-0.05, 0) is 48.4 Å². The van der Waals surface area contributed by atoms with Crippen molar-refractivity contribution in [2.75, 3.05) is 0 Å². The van der Waals surface area contributed by atoms with E-state index in [2.05, 4.69) is 161 Å². The van der Waals surface area contributed by atoms with Gasteiger partial charge < -0.3 is 9.13 Å². The molecule has 0 aliphatic carbocycles. The Balaban J connectivity index is 1.32. The number of aromatic nitrogens is 2. The SMILES string of the molecule is CC(C#N)/C=C\C=C(/Cn1c2ccccc2c2ccccc21)c1cccc2c1sc1c2ccc2c3ccccc3n(-c3ccccc3)c21. The minimum atomic E-state index is -0.163. The summed E-state index contributed by atoms with van der Waals surface area (Å²) in [6, 6.07) is 50.5. The topological polar surface area (TPSA) is 33.6 Å². The Morgan fingerprint density at radius 1 is 0.646 bits per heavy atom. The number of rotatable bonds is 6. The molecule has 0 saturated carbocycles. The Labute approximate surface area is 282 Å². The van der Waals surface area contributed by atoms with Gasteiger partial charge in [-0.15, -0.1) is 11.3 Å². The van der Waals surface area contributed by atoms with E-state index in [1.165, 1.54) is 74.9 Å². The van der Waals surface area contributed by atoms with Crippen molar-refractivity contribution < 1.29 is 0 Å². The van der Waals surface area contributed by atoms with Crippen LogP contribution in [-0.2, 0) is 6.54 Å². The van der Waals surface area contributed by atoms with E-state index in [0.717, 1.165) is 5.69 Å². The first kappa shape index (κ1) is 28.3. The Morgan fingerprint density at radius 2 is 1.23 bits per heavy atom. The molecule has 0 radical (unpaired) electrons. The maximum atomic E-state index is 9.50. The van der Waals surface area contributed by atoms with Crippen molar-refractivity contribution in [3.05, 3.63) is 157 Å². The van der Waals surface area contributed by atoms with E-state index in [0.29, 0.717) is 6.54 Å². The summed E-state index contributed by atoms with van der Waals surface area (Å²) in [7, 11) is 0. The molecule has 0 amide bonds. The summed E-state index contributed by atoms with van der Waals surface area (Å²) in [4.78, 5) is 0. The van der Waals surface area contributed by atoms with E-state index in [9.17, 15) is 5.26 Å². The van der Waals surface area contributed by atoms with Crippen LogP contribution in [0.2, 0.25) is 0 Å².